The first-order valence-electron chi connectivity index (χ1n) is 4.52. The largest absolute Gasteiger partial charge is 0.457 e. The van der Waals surface area contributed by atoms with E-state index in [4.69, 9.17) is 4.74 Å². The van der Waals surface area contributed by atoms with Crippen LogP contribution in [0.1, 0.15) is 20.8 Å². The van der Waals surface area contributed by atoms with Gasteiger partial charge in [0.15, 0.2) is 0 Å². The zero-order valence-electron chi connectivity index (χ0n) is 9.15. The van der Waals surface area contributed by atoms with Gasteiger partial charge in [-0.3, -0.25) is 4.18 Å². The van der Waals surface area contributed by atoms with E-state index >= 15 is 0 Å². The van der Waals surface area contributed by atoms with Crippen LogP contribution in [0.2, 0.25) is 0 Å². The van der Waals surface area contributed by atoms with E-state index in [0.717, 1.165) is 0 Å². The van der Waals surface area contributed by atoms with Crippen molar-refractivity contribution in [3.8, 4) is 0 Å². The van der Waals surface area contributed by atoms with Gasteiger partial charge in [-0.05, 0) is 20.8 Å². The van der Waals surface area contributed by atoms with Gasteiger partial charge in [0.1, 0.15) is 12.7 Å². The number of esters is 1. The Morgan fingerprint density at radius 2 is 2.00 bits per heavy atom. The summed E-state index contributed by atoms with van der Waals surface area (Å²) < 4.78 is 31.3. The molecule has 0 heterocycles. The molecule has 0 spiro atoms. The summed E-state index contributed by atoms with van der Waals surface area (Å²) in [5.41, 5.74) is 0.264. The molecule has 0 aliphatic carbocycles. The molecule has 0 bridgehead atoms. The molecule has 0 aromatic carbocycles. The van der Waals surface area contributed by atoms with Gasteiger partial charge in [-0.25, -0.2) is 4.79 Å². The molecule has 0 amide bonds. The predicted octanol–water partition coefficient (Wildman–Crippen LogP) is 0.861. The number of carbonyl (C=O) groups excluding carboxylic acids is 1. The Labute approximate surface area is 90.2 Å². The zero-order valence-corrected chi connectivity index (χ0v) is 9.96. The van der Waals surface area contributed by atoms with Gasteiger partial charge in [0.2, 0.25) is 0 Å². The molecule has 0 aliphatic rings. The van der Waals surface area contributed by atoms with Crippen LogP contribution in [0.5, 0.6) is 0 Å². The van der Waals surface area contributed by atoms with Crippen LogP contribution in [0.25, 0.3) is 0 Å². The van der Waals surface area contributed by atoms with Crippen molar-refractivity contribution in [3.63, 3.8) is 0 Å². The molecule has 0 saturated carbocycles. The number of carbonyl (C=O) groups is 1. The fourth-order valence-electron chi connectivity index (χ4n) is 0.600. The molecular formula is C9H16O5S. The van der Waals surface area contributed by atoms with E-state index in [1.165, 1.54) is 13.8 Å². The van der Waals surface area contributed by atoms with Crippen molar-refractivity contribution in [2.45, 2.75) is 26.9 Å². The van der Waals surface area contributed by atoms with Crippen molar-refractivity contribution in [1.29, 1.82) is 0 Å². The summed E-state index contributed by atoms with van der Waals surface area (Å²) in [6.45, 7) is 7.76. The fourth-order valence-corrected chi connectivity index (χ4v) is 1.17. The van der Waals surface area contributed by atoms with Crippen molar-refractivity contribution >= 4 is 16.1 Å². The summed E-state index contributed by atoms with van der Waals surface area (Å²) in [7, 11) is -3.48. The standard InChI is InChI=1S/C9H16O5S/c1-5-15(11,12)13-6-8(4)14-9(10)7(2)3/h8H,2,5-6H2,1,3-4H3. The van der Waals surface area contributed by atoms with E-state index in [0.29, 0.717) is 0 Å². The minimum Gasteiger partial charge on any atom is -0.457 e. The van der Waals surface area contributed by atoms with Crippen LogP contribution >= 0.6 is 0 Å². The molecular weight excluding hydrogens is 220 g/mol. The Morgan fingerprint density at radius 3 is 2.40 bits per heavy atom. The molecule has 0 saturated heterocycles. The third kappa shape index (κ3) is 6.24. The monoisotopic (exact) mass is 236 g/mol. The number of hydrogen-bond acceptors (Lipinski definition) is 5. The van der Waals surface area contributed by atoms with Crippen molar-refractivity contribution in [3.05, 3.63) is 12.2 Å². The highest BCUT2D eigenvalue weighted by Gasteiger charge is 2.14. The lowest BCUT2D eigenvalue weighted by Crippen LogP contribution is -2.23. The normalized spacial score (nSPS) is 13.3. The number of rotatable bonds is 6. The van der Waals surface area contributed by atoms with Gasteiger partial charge in [-0.2, -0.15) is 8.42 Å². The third-order valence-electron chi connectivity index (χ3n) is 1.49. The summed E-state index contributed by atoms with van der Waals surface area (Å²) in [6.07, 6.45) is -0.615. The van der Waals surface area contributed by atoms with Gasteiger partial charge in [0.05, 0.1) is 5.75 Å². The Morgan fingerprint density at radius 1 is 1.47 bits per heavy atom. The van der Waals surface area contributed by atoms with Crippen LogP contribution in [-0.2, 0) is 23.8 Å². The highest BCUT2D eigenvalue weighted by Crippen LogP contribution is 2.01. The van der Waals surface area contributed by atoms with E-state index in [1.54, 1.807) is 6.92 Å². The van der Waals surface area contributed by atoms with Gasteiger partial charge in [0.25, 0.3) is 10.1 Å². The van der Waals surface area contributed by atoms with E-state index in [9.17, 15) is 13.2 Å². The lowest BCUT2D eigenvalue weighted by molar-refractivity contribution is -0.144. The van der Waals surface area contributed by atoms with Gasteiger partial charge < -0.3 is 4.74 Å². The highest BCUT2D eigenvalue weighted by atomic mass is 32.2. The van der Waals surface area contributed by atoms with Crippen LogP contribution in [0.15, 0.2) is 12.2 Å². The van der Waals surface area contributed by atoms with Crippen molar-refractivity contribution in [1.82, 2.24) is 0 Å². The van der Waals surface area contributed by atoms with Crippen LogP contribution in [0.3, 0.4) is 0 Å². The Balaban J connectivity index is 4.01. The maximum absolute atomic E-state index is 11.0. The molecule has 0 rings (SSSR count). The molecule has 1 unspecified atom stereocenters. The van der Waals surface area contributed by atoms with E-state index < -0.39 is 22.2 Å². The summed E-state index contributed by atoms with van der Waals surface area (Å²) in [5.74, 6) is -0.659. The second kappa shape index (κ2) is 5.87. The maximum Gasteiger partial charge on any atom is 0.333 e. The summed E-state index contributed by atoms with van der Waals surface area (Å²) in [5, 5.41) is 0. The molecule has 0 aliphatic heterocycles. The molecule has 1 atom stereocenters. The van der Waals surface area contributed by atoms with Gasteiger partial charge in [0, 0.05) is 5.57 Å². The fraction of sp³-hybridized carbons (Fsp3) is 0.667. The minimum atomic E-state index is -3.48. The second-order valence-electron chi connectivity index (χ2n) is 3.13. The molecule has 0 aromatic heterocycles. The summed E-state index contributed by atoms with van der Waals surface area (Å²) >= 11 is 0. The molecule has 15 heavy (non-hydrogen) atoms. The molecule has 0 fully saturated rings. The quantitative estimate of drug-likeness (QED) is 0.388. The summed E-state index contributed by atoms with van der Waals surface area (Å²) in [6, 6.07) is 0. The smallest absolute Gasteiger partial charge is 0.333 e. The van der Waals surface area contributed by atoms with E-state index in [-0.39, 0.29) is 17.9 Å². The van der Waals surface area contributed by atoms with E-state index in [1.807, 2.05) is 0 Å². The first-order valence-corrected chi connectivity index (χ1v) is 6.09. The van der Waals surface area contributed by atoms with Gasteiger partial charge in [-0.1, -0.05) is 6.58 Å². The van der Waals surface area contributed by atoms with Crippen molar-refractivity contribution in [2.24, 2.45) is 0 Å². The minimum absolute atomic E-state index is 0.103. The SMILES string of the molecule is C=C(C)C(=O)OC(C)COS(=O)(=O)CC. The average molecular weight is 236 g/mol. The lowest BCUT2D eigenvalue weighted by atomic mass is 10.3. The first-order chi connectivity index (χ1) is 6.78. The van der Waals surface area contributed by atoms with Crippen LogP contribution in [0, 0.1) is 0 Å². The Kier molecular flexibility index (Phi) is 5.53. The van der Waals surface area contributed by atoms with Gasteiger partial charge >= 0.3 is 5.97 Å². The van der Waals surface area contributed by atoms with Crippen molar-refractivity contribution < 1.29 is 22.1 Å². The molecule has 5 nitrogen and oxygen atoms in total. The average Bonchev–Trinajstić information content (AvgIpc) is 2.15. The zero-order chi connectivity index (χ0) is 12.1. The Hall–Kier alpha value is -0.880. The third-order valence-corrected chi connectivity index (χ3v) is 2.69. The topological polar surface area (TPSA) is 69.7 Å². The molecule has 88 valence electrons. The van der Waals surface area contributed by atoms with Crippen LogP contribution in [0.4, 0.5) is 0 Å². The lowest BCUT2D eigenvalue weighted by Gasteiger charge is -2.12. The number of ether oxygens (including phenoxy) is 1. The summed E-state index contributed by atoms with van der Waals surface area (Å²) in [4.78, 5) is 11.0. The Bertz CT molecular complexity index is 330. The van der Waals surface area contributed by atoms with Gasteiger partial charge in [-0.15, -0.1) is 0 Å². The molecule has 0 radical (unpaired) electrons. The number of hydrogen-bond donors (Lipinski definition) is 0. The van der Waals surface area contributed by atoms with E-state index in [2.05, 4.69) is 10.8 Å². The highest BCUT2D eigenvalue weighted by molar-refractivity contribution is 7.86. The molecule has 6 heteroatoms. The van der Waals surface area contributed by atoms with Crippen LogP contribution in [-0.4, -0.2) is 32.9 Å². The first kappa shape index (κ1) is 14.1. The second-order valence-corrected chi connectivity index (χ2v) is 5.06. The van der Waals surface area contributed by atoms with Crippen molar-refractivity contribution in [2.75, 3.05) is 12.4 Å². The maximum atomic E-state index is 11.0. The molecule has 0 aromatic rings. The van der Waals surface area contributed by atoms with Crippen LogP contribution < -0.4 is 0 Å². The predicted molar refractivity (Wildman–Crippen MR) is 55.8 cm³/mol. The molecule has 0 N–H and O–H groups in total.